The highest BCUT2D eigenvalue weighted by atomic mass is 35.5. The second-order valence-corrected chi connectivity index (χ2v) is 8.27. The molecule has 1 heterocycles. The van der Waals surface area contributed by atoms with Gasteiger partial charge in [0.1, 0.15) is 5.75 Å². The molecule has 0 aliphatic carbocycles. The van der Waals surface area contributed by atoms with Gasteiger partial charge in [0.2, 0.25) is 0 Å². The first-order chi connectivity index (χ1) is 16.5. The molecule has 0 spiro atoms. The highest BCUT2D eigenvalue weighted by molar-refractivity contribution is 7.71. The number of benzene rings is 3. The Morgan fingerprint density at radius 3 is 2.59 bits per heavy atom. The van der Waals surface area contributed by atoms with Crippen LogP contribution in [0.4, 0.5) is 5.69 Å². The number of nitrogens with one attached hydrogen (secondary N) is 2. The van der Waals surface area contributed by atoms with Gasteiger partial charge in [-0.2, -0.15) is 0 Å². The molecule has 0 aliphatic rings. The van der Waals surface area contributed by atoms with Crippen molar-refractivity contribution in [1.29, 1.82) is 0 Å². The molecule has 0 saturated heterocycles. The van der Waals surface area contributed by atoms with Crippen molar-refractivity contribution in [2.24, 2.45) is 0 Å². The SMILES string of the molecule is COCCCn1c(=S)[nH]c2cc(C(=O)Nc3ccccc3Oc3ccccc3Cl)ccc2c1=O. The number of aromatic nitrogens is 2. The van der Waals surface area contributed by atoms with Crippen LogP contribution in [0.3, 0.4) is 0 Å². The predicted molar refractivity (Wildman–Crippen MR) is 136 cm³/mol. The zero-order chi connectivity index (χ0) is 24.1. The lowest BCUT2D eigenvalue weighted by molar-refractivity contribution is 0.102. The first kappa shape index (κ1) is 23.7. The molecule has 9 heteroatoms. The van der Waals surface area contributed by atoms with E-state index in [1.807, 2.05) is 12.1 Å². The monoisotopic (exact) mass is 495 g/mol. The van der Waals surface area contributed by atoms with Gasteiger partial charge in [-0.1, -0.05) is 35.9 Å². The zero-order valence-electron chi connectivity index (χ0n) is 18.3. The van der Waals surface area contributed by atoms with E-state index < -0.39 is 0 Å². The third kappa shape index (κ3) is 5.20. The lowest BCUT2D eigenvalue weighted by Crippen LogP contribution is -2.23. The number of para-hydroxylation sites is 3. The smallest absolute Gasteiger partial charge is 0.262 e. The van der Waals surface area contributed by atoms with Crippen molar-refractivity contribution in [3.63, 3.8) is 0 Å². The summed E-state index contributed by atoms with van der Waals surface area (Å²) in [6.45, 7) is 0.975. The lowest BCUT2D eigenvalue weighted by atomic mass is 10.1. The molecule has 2 N–H and O–H groups in total. The maximum Gasteiger partial charge on any atom is 0.262 e. The Bertz CT molecular complexity index is 1460. The summed E-state index contributed by atoms with van der Waals surface area (Å²) in [5.41, 5.74) is 1.13. The highest BCUT2D eigenvalue weighted by Crippen LogP contribution is 2.33. The molecule has 0 unspecified atom stereocenters. The summed E-state index contributed by atoms with van der Waals surface area (Å²) in [5, 5.41) is 3.77. The minimum Gasteiger partial charge on any atom is -0.454 e. The average Bonchev–Trinajstić information content (AvgIpc) is 2.83. The molecule has 0 aliphatic heterocycles. The molecule has 0 saturated carbocycles. The van der Waals surface area contributed by atoms with Gasteiger partial charge < -0.3 is 19.8 Å². The molecular weight excluding hydrogens is 474 g/mol. The third-order valence-corrected chi connectivity index (χ3v) is 5.80. The maximum atomic E-state index is 13.0. The minimum atomic E-state index is -0.360. The van der Waals surface area contributed by atoms with E-state index in [1.54, 1.807) is 61.7 Å². The van der Waals surface area contributed by atoms with E-state index in [-0.39, 0.29) is 11.5 Å². The van der Waals surface area contributed by atoms with Gasteiger partial charge in [0, 0.05) is 25.8 Å². The van der Waals surface area contributed by atoms with E-state index >= 15 is 0 Å². The fourth-order valence-corrected chi connectivity index (χ4v) is 3.92. The third-order valence-electron chi connectivity index (χ3n) is 5.17. The molecule has 4 rings (SSSR count). The summed E-state index contributed by atoms with van der Waals surface area (Å²) >= 11 is 11.6. The van der Waals surface area contributed by atoms with E-state index in [0.717, 1.165) is 0 Å². The maximum absolute atomic E-state index is 13.0. The van der Waals surface area contributed by atoms with Gasteiger partial charge in [-0.15, -0.1) is 0 Å². The van der Waals surface area contributed by atoms with E-state index in [0.29, 0.717) is 63.0 Å². The summed E-state index contributed by atoms with van der Waals surface area (Å²) in [5.74, 6) is 0.565. The Morgan fingerprint density at radius 1 is 1.09 bits per heavy atom. The van der Waals surface area contributed by atoms with Crippen molar-refractivity contribution in [2.75, 3.05) is 19.0 Å². The number of carbonyl (C=O) groups is 1. The molecule has 0 bridgehead atoms. The van der Waals surface area contributed by atoms with Gasteiger partial charge in [0.05, 0.1) is 21.6 Å². The molecule has 3 aromatic carbocycles. The van der Waals surface area contributed by atoms with Crippen LogP contribution in [-0.4, -0.2) is 29.2 Å². The Balaban J connectivity index is 1.59. The largest absolute Gasteiger partial charge is 0.454 e. The molecule has 1 aromatic heterocycles. The number of fused-ring (bicyclic) bond motifs is 1. The van der Waals surface area contributed by atoms with Crippen LogP contribution in [0.5, 0.6) is 11.5 Å². The van der Waals surface area contributed by atoms with E-state index in [4.69, 9.17) is 33.3 Å². The van der Waals surface area contributed by atoms with Crippen molar-refractivity contribution < 1.29 is 14.3 Å². The van der Waals surface area contributed by atoms with Crippen molar-refractivity contribution in [3.05, 3.63) is 92.4 Å². The fourth-order valence-electron chi connectivity index (χ4n) is 3.47. The normalized spacial score (nSPS) is 10.9. The van der Waals surface area contributed by atoms with Gasteiger partial charge >= 0.3 is 0 Å². The minimum absolute atomic E-state index is 0.208. The van der Waals surface area contributed by atoms with Crippen LogP contribution in [0, 0.1) is 4.77 Å². The number of hydrogen-bond acceptors (Lipinski definition) is 5. The molecular formula is C25H22ClN3O4S. The van der Waals surface area contributed by atoms with Crippen LogP contribution >= 0.6 is 23.8 Å². The molecule has 1 amide bonds. The van der Waals surface area contributed by atoms with E-state index in [9.17, 15) is 9.59 Å². The molecule has 0 fully saturated rings. The first-order valence-electron chi connectivity index (χ1n) is 10.6. The first-order valence-corrected chi connectivity index (χ1v) is 11.3. The number of methoxy groups -OCH3 is 1. The number of H-pyrrole nitrogens is 1. The van der Waals surface area contributed by atoms with Crippen LogP contribution in [-0.2, 0) is 11.3 Å². The number of anilines is 1. The average molecular weight is 496 g/mol. The number of halogens is 1. The summed E-state index contributed by atoms with van der Waals surface area (Å²) in [6, 6.07) is 19.0. The van der Waals surface area contributed by atoms with Crippen molar-refractivity contribution in [3.8, 4) is 11.5 Å². The van der Waals surface area contributed by atoms with Crippen molar-refractivity contribution >= 4 is 46.3 Å². The van der Waals surface area contributed by atoms with Crippen LogP contribution in [0.2, 0.25) is 5.02 Å². The summed E-state index contributed by atoms with van der Waals surface area (Å²) in [4.78, 5) is 28.9. The Hall–Kier alpha value is -3.46. The van der Waals surface area contributed by atoms with Crippen LogP contribution in [0.25, 0.3) is 10.9 Å². The van der Waals surface area contributed by atoms with Gasteiger partial charge in [0.15, 0.2) is 10.5 Å². The number of rotatable bonds is 8. The fraction of sp³-hybridized carbons (Fsp3) is 0.160. The van der Waals surface area contributed by atoms with E-state index in [1.165, 1.54) is 4.57 Å². The second kappa shape index (κ2) is 10.6. The summed E-state index contributed by atoms with van der Waals surface area (Å²) in [7, 11) is 1.61. The number of carbonyl (C=O) groups excluding carboxylic acids is 1. The molecule has 34 heavy (non-hydrogen) atoms. The number of hydrogen-bond donors (Lipinski definition) is 2. The Morgan fingerprint density at radius 2 is 1.82 bits per heavy atom. The number of nitrogens with zero attached hydrogens (tertiary/aromatic N) is 1. The van der Waals surface area contributed by atoms with Crippen LogP contribution < -0.4 is 15.6 Å². The topological polar surface area (TPSA) is 85.3 Å². The number of ether oxygens (including phenoxy) is 2. The lowest BCUT2D eigenvalue weighted by Gasteiger charge is -2.13. The molecule has 0 atom stereocenters. The summed E-state index contributed by atoms with van der Waals surface area (Å²) in [6.07, 6.45) is 0.662. The van der Waals surface area contributed by atoms with Gasteiger partial charge in [-0.05, 0) is 61.1 Å². The predicted octanol–water partition coefficient (Wildman–Crippen LogP) is 5.79. The van der Waals surface area contributed by atoms with E-state index in [2.05, 4.69) is 10.3 Å². The highest BCUT2D eigenvalue weighted by Gasteiger charge is 2.14. The van der Waals surface area contributed by atoms with Gasteiger partial charge in [-0.25, -0.2) is 0 Å². The van der Waals surface area contributed by atoms with Crippen molar-refractivity contribution in [1.82, 2.24) is 9.55 Å². The van der Waals surface area contributed by atoms with Gasteiger partial charge in [-0.3, -0.25) is 14.2 Å². The number of aromatic amines is 1. The molecule has 7 nitrogen and oxygen atoms in total. The van der Waals surface area contributed by atoms with Gasteiger partial charge in [0.25, 0.3) is 11.5 Å². The molecule has 174 valence electrons. The number of amides is 1. The van der Waals surface area contributed by atoms with Crippen LogP contribution in [0.15, 0.2) is 71.5 Å². The standard InChI is InChI=1S/C25H22ClN3O4S/c1-32-14-6-13-29-24(31)17-12-11-16(15-20(17)28-25(29)34)23(30)27-19-8-3-5-10-22(19)33-21-9-4-2-7-18(21)26/h2-5,7-12,15H,6,13-14H2,1H3,(H,27,30)(H,28,34). The molecule has 0 radical (unpaired) electrons. The Kier molecular flexibility index (Phi) is 7.42. The molecule has 4 aromatic rings. The van der Waals surface area contributed by atoms with Crippen molar-refractivity contribution in [2.45, 2.75) is 13.0 Å². The Labute approximate surface area is 205 Å². The quantitative estimate of drug-likeness (QED) is 0.238. The zero-order valence-corrected chi connectivity index (χ0v) is 19.9. The summed E-state index contributed by atoms with van der Waals surface area (Å²) < 4.78 is 12.8. The van der Waals surface area contributed by atoms with Crippen LogP contribution in [0.1, 0.15) is 16.8 Å². The second-order valence-electron chi connectivity index (χ2n) is 7.48.